The van der Waals surface area contributed by atoms with E-state index in [0.717, 1.165) is 11.3 Å². The number of benzene rings is 2. The summed E-state index contributed by atoms with van der Waals surface area (Å²) < 4.78 is 24.6. The van der Waals surface area contributed by atoms with Crippen LogP contribution in [0.1, 0.15) is 40.1 Å². The van der Waals surface area contributed by atoms with Crippen LogP contribution in [0.5, 0.6) is 11.5 Å². The van der Waals surface area contributed by atoms with Gasteiger partial charge in [-0.2, -0.15) is 0 Å². The smallest absolute Gasteiger partial charge is 0.256 e. The molecule has 1 aliphatic rings. The molecule has 1 heterocycles. The molecule has 0 aromatic heterocycles. The SMILES string of the molecule is COc1ccc(C(=O)N2C[C@@H](C)N(C(=O)c3ccc(OC)c(C)c3)[C@H](C)C2)c(F)c1. The van der Waals surface area contributed by atoms with Gasteiger partial charge < -0.3 is 19.3 Å². The summed E-state index contributed by atoms with van der Waals surface area (Å²) in [5.74, 6) is -0.0165. The molecule has 0 bridgehead atoms. The van der Waals surface area contributed by atoms with Crippen molar-refractivity contribution in [3.8, 4) is 11.5 Å². The van der Waals surface area contributed by atoms with E-state index in [4.69, 9.17) is 9.47 Å². The summed E-state index contributed by atoms with van der Waals surface area (Å²) in [5.41, 5.74) is 1.46. The molecular weight excluding hydrogens is 387 g/mol. The van der Waals surface area contributed by atoms with Gasteiger partial charge in [0.25, 0.3) is 11.8 Å². The van der Waals surface area contributed by atoms with E-state index in [-0.39, 0.29) is 29.5 Å². The molecule has 2 amide bonds. The molecule has 0 N–H and O–H groups in total. The molecule has 3 rings (SSSR count). The van der Waals surface area contributed by atoms with Crippen LogP contribution in [0.3, 0.4) is 0 Å². The van der Waals surface area contributed by atoms with Crippen molar-refractivity contribution in [3.05, 3.63) is 58.9 Å². The van der Waals surface area contributed by atoms with Gasteiger partial charge in [0.05, 0.1) is 19.8 Å². The van der Waals surface area contributed by atoms with Crippen LogP contribution < -0.4 is 9.47 Å². The van der Waals surface area contributed by atoms with E-state index in [0.29, 0.717) is 24.4 Å². The Hall–Kier alpha value is -3.09. The van der Waals surface area contributed by atoms with Gasteiger partial charge in [0.2, 0.25) is 0 Å². The summed E-state index contributed by atoms with van der Waals surface area (Å²) in [6.45, 7) is 6.34. The standard InChI is InChI=1S/C23H27FN2O4/c1-14-10-17(6-9-21(14)30-5)22(27)26-15(2)12-25(13-16(26)3)23(28)19-8-7-18(29-4)11-20(19)24/h6-11,15-16H,12-13H2,1-5H3/t15-,16-/m1/s1. The summed E-state index contributed by atoms with van der Waals surface area (Å²) in [6, 6.07) is 9.11. The number of piperazine rings is 1. The number of aryl methyl sites for hydroxylation is 1. The minimum absolute atomic E-state index is 0.000700. The van der Waals surface area contributed by atoms with E-state index >= 15 is 0 Å². The third kappa shape index (κ3) is 4.10. The number of hydrogen-bond acceptors (Lipinski definition) is 4. The van der Waals surface area contributed by atoms with Gasteiger partial charge in [-0.05, 0) is 56.7 Å². The van der Waals surface area contributed by atoms with Crippen LogP contribution in [-0.4, -0.2) is 61.0 Å². The van der Waals surface area contributed by atoms with Gasteiger partial charge in [-0.3, -0.25) is 9.59 Å². The molecule has 0 spiro atoms. The first-order valence-electron chi connectivity index (χ1n) is 9.87. The fourth-order valence-electron chi connectivity index (χ4n) is 4.02. The molecule has 0 unspecified atom stereocenters. The van der Waals surface area contributed by atoms with E-state index < -0.39 is 5.82 Å². The molecule has 2 aromatic carbocycles. The van der Waals surface area contributed by atoms with Crippen LogP contribution in [-0.2, 0) is 0 Å². The Bertz CT molecular complexity index is 950. The second-order valence-corrected chi connectivity index (χ2v) is 7.65. The lowest BCUT2D eigenvalue weighted by Crippen LogP contribution is -2.59. The molecule has 0 radical (unpaired) electrons. The predicted molar refractivity (Wildman–Crippen MR) is 112 cm³/mol. The molecular formula is C23H27FN2O4. The lowest BCUT2D eigenvalue weighted by atomic mass is 10.0. The molecule has 1 saturated heterocycles. The Kier molecular flexibility index (Phi) is 6.29. The molecule has 0 saturated carbocycles. The van der Waals surface area contributed by atoms with Gasteiger partial charge in [-0.1, -0.05) is 0 Å². The van der Waals surface area contributed by atoms with Gasteiger partial charge >= 0.3 is 0 Å². The van der Waals surface area contributed by atoms with Crippen LogP contribution in [0.25, 0.3) is 0 Å². The number of nitrogens with zero attached hydrogens (tertiary/aromatic N) is 2. The highest BCUT2D eigenvalue weighted by Crippen LogP contribution is 2.25. The van der Waals surface area contributed by atoms with Crippen LogP contribution in [0.15, 0.2) is 36.4 Å². The van der Waals surface area contributed by atoms with Crippen LogP contribution >= 0.6 is 0 Å². The Morgan fingerprint density at radius 2 is 1.63 bits per heavy atom. The highest BCUT2D eigenvalue weighted by molar-refractivity contribution is 5.96. The lowest BCUT2D eigenvalue weighted by molar-refractivity contribution is 0.0252. The Labute approximate surface area is 176 Å². The number of hydrogen-bond donors (Lipinski definition) is 0. The maximum absolute atomic E-state index is 14.4. The third-order valence-corrected chi connectivity index (χ3v) is 5.49. The van der Waals surface area contributed by atoms with Gasteiger partial charge in [-0.15, -0.1) is 0 Å². The highest BCUT2D eigenvalue weighted by atomic mass is 19.1. The monoisotopic (exact) mass is 414 g/mol. The summed E-state index contributed by atoms with van der Waals surface area (Å²) in [7, 11) is 3.04. The van der Waals surface area contributed by atoms with E-state index in [2.05, 4.69) is 0 Å². The second kappa shape index (κ2) is 8.73. The summed E-state index contributed by atoms with van der Waals surface area (Å²) in [6.07, 6.45) is 0. The molecule has 6 nitrogen and oxygen atoms in total. The Morgan fingerprint density at radius 3 is 2.17 bits per heavy atom. The zero-order chi connectivity index (χ0) is 22.0. The Morgan fingerprint density at radius 1 is 0.967 bits per heavy atom. The van der Waals surface area contributed by atoms with E-state index in [1.807, 2.05) is 26.8 Å². The van der Waals surface area contributed by atoms with Gasteiger partial charge in [-0.25, -0.2) is 4.39 Å². The number of halogens is 1. The molecule has 7 heteroatoms. The van der Waals surface area contributed by atoms with Crippen LogP contribution in [0.2, 0.25) is 0 Å². The van der Waals surface area contributed by atoms with Crippen molar-refractivity contribution < 1.29 is 23.5 Å². The number of carbonyl (C=O) groups excluding carboxylic acids is 2. The molecule has 1 aliphatic heterocycles. The average molecular weight is 414 g/mol. The quantitative estimate of drug-likeness (QED) is 0.768. The van der Waals surface area contributed by atoms with Crippen LogP contribution in [0, 0.1) is 12.7 Å². The number of carbonyl (C=O) groups is 2. The van der Waals surface area contributed by atoms with E-state index in [1.54, 1.807) is 35.1 Å². The minimum Gasteiger partial charge on any atom is -0.497 e. The molecule has 30 heavy (non-hydrogen) atoms. The first-order valence-corrected chi connectivity index (χ1v) is 9.87. The van der Waals surface area contributed by atoms with Crippen LogP contribution in [0.4, 0.5) is 4.39 Å². The largest absolute Gasteiger partial charge is 0.497 e. The average Bonchev–Trinajstić information content (AvgIpc) is 2.72. The number of amides is 2. The van der Waals surface area contributed by atoms with Crippen molar-refractivity contribution in [3.63, 3.8) is 0 Å². The highest BCUT2D eigenvalue weighted by Gasteiger charge is 2.36. The zero-order valence-electron chi connectivity index (χ0n) is 17.9. The molecule has 160 valence electrons. The van der Waals surface area contributed by atoms with E-state index in [1.165, 1.54) is 19.2 Å². The molecule has 2 aromatic rings. The zero-order valence-corrected chi connectivity index (χ0v) is 17.9. The van der Waals surface area contributed by atoms with Crippen molar-refractivity contribution in [1.29, 1.82) is 0 Å². The summed E-state index contributed by atoms with van der Waals surface area (Å²) >= 11 is 0. The van der Waals surface area contributed by atoms with Crippen molar-refractivity contribution in [1.82, 2.24) is 9.80 Å². The van der Waals surface area contributed by atoms with Gasteiger partial charge in [0.1, 0.15) is 17.3 Å². The molecule has 2 atom stereocenters. The van der Waals surface area contributed by atoms with E-state index in [9.17, 15) is 14.0 Å². The maximum Gasteiger partial charge on any atom is 0.256 e. The minimum atomic E-state index is -0.619. The molecule has 1 fully saturated rings. The number of methoxy groups -OCH3 is 2. The maximum atomic E-state index is 14.4. The van der Waals surface area contributed by atoms with Crippen molar-refractivity contribution in [2.75, 3.05) is 27.3 Å². The second-order valence-electron chi connectivity index (χ2n) is 7.65. The van der Waals surface area contributed by atoms with Crippen molar-refractivity contribution in [2.45, 2.75) is 32.9 Å². The first-order chi connectivity index (χ1) is 14.3. The Balaban J connectivity index is 1.77. The fourth-order valence-corrected chi connectivity index (χ4v) is 4.02. The normalized spacial score (nSPS) is 18.9. The van der Waals surface area contributed by atoms with Crippen molar-refractivity contribution >= 4 is 11.8 Å². The van der Waals surface area contributed by atoms with Gasteiger partial charge in [0.15, 0.2) is 0 Å². The summed E-state index contributed by atoms with van der Waals surface area (Å²) in [5, 5.41) is 0. The lowest BCUT2D eigenvalue weighted by Gasteiger charge is -2.44. The predicted octanol–water partition coefficient (Wildman–Crippen LogP) is 3.53. The number of rotatable bonds is 4. The van der Waals surface area contributed by atoms with Gasteiger partial charge in [0, 0.05) is 36.8 Å². The first kappa shape index (κ1) is 21.6. The number of ether oxygens (including phenoxy) is 2. The third-order valence-electron chi connectivity index (χ3n) is 5.49. The topological polar surface area (TPSA) is 59.1 Å². The summed E-state index contributed by atoms with van der Waals surface area (Å²) in [4.78, 5) is 29.4. The fraction of sp³-hybridized carbons (Fsp3) is 0.391. The molecule has 0 aliphatic carbocycles. The van der Waals surface area contributed by atoms with Crippen molar-refractivity contribution in [2.24, 2.45) is 0 Å².